The van der Waals surface area contributed by atoms with Crippen LogP contribution in [0.5, 0.6) is 0 Å². The fraction of sp³-hybridized carbons (Fsp3) is 0.471. The monoisotopic (exact) mass is 317 g/mol. The van der Waals surface area contributed by atoms with Gasteiger partial charge in [-0.3, -0.25) is 25.2 Å². The van der Waals surface area contributed by atoms with Gasteiger partial charge in [0.05, 0.1) is 5.92 Å². The van der Waals surface area contributed by atoms with Crippen molar-refractivity contribution >= 4 is 17.7 Å². The van der Waals surface area contributed by atoms with Crippen LogP contribution >= 0.6 is 0 Å². The van der Waals surface area contributed by atoms with Crippen LogP contribution in [0.1, 0.15) is 36.2 Å². The topological polar surface area (TPSA) is 78.5 Å². The highest BCUT2D eigenvalue weighted by Crippen LogP contribution is 2.18. The lowest BCUT2D eigenvalue weighted by Crippen LogP contribution is -2.45. The molecule has 1 atom stereocenters. The summed E-state index contributed by atoms with van der Waals surface area (Å²) in [5.41, 5.74) is 6.34. The van der Waals surface area contributed by atoms with Gasteiger partial charge in [-0.25, -0.2) is 0 Å². The quantitative estimate of drug-likeness (QED) is 0.821. The van der Waals surface area contributed by atoms with Gasteiger partial charge in [-0.2, -0.15) is 0 Å². The zero-order valence-corrected chi connectivity index (χ0v) is 13.8. The molecular formula is C17H23N3O3. The van der Waals surface area contributed by atoms with Crippen LogP contribution in [0, 0.1) is 18.8 Å². The van der Waals surface area contributed by atoms with Crippen molar-refractivity contribution in [3.8, 4) is 0 Å². The minimum Gasteiger partial charge on any atom is -0.342 e. The molecule has 2 N–H and O–H groups in total. The van der Waals surface area contributed by atoms with Gasteiger partial charge >= 0.3 is 0 Å². The summed E-state index contributed by atoms with van der Waals surface area (Å²) < 4.78 is 0. The molecule has 0 aliphatic carbocycles. The van der Waals surface area contributed by atoms with E-state index >= 15 is 0 Å². The number of carbonyl (C=O) groups is 3. The molecule has 2 rings (SSSR count). The molecule has 1 fully saturated rings. The summed E-state index contributed by atoms with van der Waals surface area (Å²) in [4.78, 5) is 37.6. The van der Waals surface area contributed by atoms with Crippen LogP contribution in [0.15, 0.2) is 24.3 Å². The Labute approximate surface area is 136 Å². The fourth-order valence-electron chi connectivity index (χ4n) is 2.56. The van der Waals surface area contributed by atoms with E-state index in [9.17, 15) is 14.4 Å². The number of likely N-dealkylation sites (tertiary alicyclic amines) is 1. The number of nitrogens with zero attached hydrogens (tertiary/aromatic N) is 1. The summed E-state index contributed by atoms with van der Waals surface area (Å²) in [5.74, 6) is -0.767. The first kappa shape index (κ1) is 17.0. The molecule has 124 valence electrons. The van der Waals surface area contributed by atoms with Crippen molar-refractivity contribution in [3.63, 3.8) is 0 Å². The highest BCUT2D eigenvalue weighted by Gasteiger charge is 2.34. The molecule has 3 amide bonds. The first-order valence-corrected chi connectivity index (χ1v) is 7.81. The van der Waals surface area contributed by atoms with Crippen LogP contribution in [0.25, 0.3) is 0 Å². The maximum atomic E-state index is 12.1. The predicted octanol–water partition coefficient (Wildman–Crippen LogP) is 1.26. The number of nitrogens with one attached hydrogen (secondary N) is 2. The van der Waals surface area contributed by atoms with Crippen LogP contribution in [-0.2, 0) is 9.59 Å². The van der Waals surface area contributed by atoms with E-state index < -0.39 is 5.92 Å². The first-order chi connectivity index (χ1) is 10.9. The van der Waals surface area contributed by atoms with E-state index in [0.717, 1.165) is 5.56 Å². The minimum absolute atomic E-state index is 0.0105. The molecule has 6 nitrogen and oxygen atoms in total. The van der Waals surface area contributed by atoms with Crippen LogP contribution in [0.3, 0.4) is 0 Å². The molecule has 0 radical (unpaired) electrons. The van der Waals surface area contributed by atoms with Crippen molar-refractivity contribution in [1.29, 1.82) is 0 Å². The Bertz CT molecular complexity index is 596. The predicted molar refractivity (Wildman–Crippen MR) is 86.3 cm³/mol. The fourth-order valence-corrected chi connectivity index (χ4v) is 2.56. The molecular weight excluding hydrogens is 294 g/mol. The standard InChI is InChI=1S/C17H23N3O3/c1-11(2)9-20-10-14(8-15(20)21)17(23)19-18-16(22)13-6-4-12(3)5-7-13/h4-7,11,14H,8-10H2,1-3H3,(H,18,22)(H,19,23)/t14-/m0/s1. The van der Waals surface area contributed by atoms with Gasteiger partial charge in [0.1, 0.15) is 0 Å². The molecule has 6 heteroatoms. The second-order valence-electron chi connectivity index (χ2n) is 6.40. The SMILES string of the molecule is Cc1ccc(C(=O)NNC(=O)[C@H]2CC(=O)N(CC(C)C)C2)cc1. The number of carbonyl (C=O) groups excluding carboxylic acids is 3. The average Bonchev–Trinajstić information content (AvgIpc) is 2.85. The number of benzene rings is 1. The van der Waals surface area contributed by atoms with Crippen molar-refractivity contribution < 1.29 is 14.4 Å². The van der Waals surface area contributed by atoms with E-state index in [2.05, 4.69) is 10.9 Å². The first-order valence-electron chi connectivity index (χ1n) is 7.81. The Balaban J connectivity index is 1.84. The largest absolute Gasteiger partial charge is 0.342 e. The zero-order chi connectivity index (χ0) is 17.0. The van der Waals surface area contributed by atoms with Crippen molar-refractivity contribution in [2.24, 2.45) is 11.8 Å². The number of hydrogen-bond acceptors (Lipinski definition) is 3. The molecule has 1 aromatic carbocycles. The van der Waals surface area contributed by atoms with Gasteiger partial charge in [0.15, 0.2) is 0 Å². The lowest BCUT2D eigenvalue weighted by molar-refractivity contribution is -0.129. The van der Waals surface area contributed by atoms with Gasteiger partial charge < -0.3 is 4.90 Å². The molecule has 1 aromatic rings. The van der Waals surface area contributed by atoms with Gasteiger partial charge in [-0.05, 0) is 25.0 Å². The molecule has 1 heterocycles. The highest BCUT2D eigenvalue weighted by molar-refractivity contribution is 5.96. The lowest BCUT2D eigenvalue weighted by Gasteiger charge is -2.18. The molecule has 0 bridgehead atoms. The van der Waals surface area contributed by atoms with E-state index in [-0.39, 0.29) is 24.1 Å². The van der Waals surface area contributed by atoms with Crippen molar-refractivity contribution in [2.75, 3.05) is 13.1 Å². The number of aryl methyl sites for hydroxylation is 1. The third-order valence-electron chi connectivity index (χ3n) is 3.78. The van der Waals surface area contributed by atoms with Crippen molar-refractivity contribution in [2.45, 2.75) is 27.2 Å². The van der Waals surface area contributed by atoms with E-state index in [1.807, 2.05) is 32.9 Å². The average molecular weight is 317 g/mol. The summed E-state index contributed by atoms with van der Waals surface area (Å²) in [6.07, 6.45) is 0.193. The molecule has 1 aliphatic heterocycles. The molecule has 1 saturated heterocycles. The Hall–Kier alpha value is -2.37. The molecule has 1 aliphatic rings. The van der Waals surface area contributed by atoms with Crippen LogP contribution in [0.4, 0.5) is 0 Å². The van der Waals surface area contributed by atoms with E-state index in [1.54, 1.807) is 17.0 Å². The summed E-state index contributed by atoms with van der Waals surface area (Å²) in [6, 6.07) is 7.05. The van der Waals surface area contributed by atoms with Crippen molar-refractivity contribution in [3.05, 3.63) is 35.4 Å². The third kappa shape index (κ3) is 4.55. The van der Waals surface area contributed by atoms with Gasteiger partial charge in [-0.1, -0.05) is 31.5 Å². The van der Waals surface area contributed by atoms with Gasteiger partial charge in [0, 0.05) is 25.1 Å². The lowest BCUT2D eigenvalue weighted by atomic mass is 10.1. The third-order valence-corrected chi connectivity index (χ3v) is 3.78. The minimum atomic E-state index is -0.417. The summed E-state index contributed by atoms with van der Waals surface area (Å²) in [7, 11) is 0. The Morgan fingerprint density at radius 1 is 1.22 bits per heavy atom. The van der Waals surface area contributed by atoms with E-state index in [4.69, 9.17) is 0 Å². The maximum absolute atomic E-state index is 12.1. The number of rotatable bonds is 4. The van der Waals surface area contributed by atoms with E-state index in [1.165, 1.54) is 0 Å². The molecule has 0 spiro atoms. The number of hydrazine groups is 1. The zero-order valence-electron chi connectivity index (χ0n) is 13.8. The summed E-state index contributed by atoms with van der Waals surface area (Å²) in [6.45, 7) is 7.05. The van der Waals surface area contributed by atoms with Gasteiger partial charge in [0.25, 0.3) is 5.91 Å². The van der Waals surface area contributed by atoms with Crippen LogP contribution < -0.4 is 10.9 Å². The summed E-state index contributed by atoms with van der Waals surface area (Å²) in [5, 5.41) is 0. The van der Waals surface area contributed by atoms with Crippen LogP contribution in [0.2, 0.25) is 0 Å². The second kappa shape index (κ2) is 7.26. The Morgan fingerprint density at radius 3 is 2.48 bits per heavy atom. The summed E-state index contributed by atoms with van der Waals surface area (Å²) >= 11 is 0. The maximum Gasteiger partial charge on any atom is 0.269 e. The molecule has 0 aromatic heterocycles. The second-order valence-corrected chi connectivity index (χ2v) is 6.40. The Kier molecular flexibility index (Phi) is 5.36. The highest BCUT2D eigenvalue weighted by atomic mass is 16.2. The van der Waals surface area contributed by atoms with Crippen molar-refractivity contribution in [1.82, 2.24) is 15.8 Å². The number of amides is 3. The molecule has 23 heavy (non-hydrogen) atoms. The smallest absolute Gasteiger partial charge is 0.269 e. The normalized spacial score (nSPS) is 17.5. The van der Waals surface area contributed by atoms with Crippen LogP contribution in [-0.4, -0.2) is 35.7 Å². The molecule has 0 unspecified atom stereocenters. The molecule has 0 saturated carbocycles. The Morgan fingerprint density at radius 2 is 1.87 bits per heavy atom. The van der Waals surface area contributed by atoms with Gasteiger partial charge in [-0.15, -0.1) is 0 Å². The van der Waals surface area contributed by atoms with E-state index in [0.29, 0.717) is 24.6 Å². The number of hydrogen-bond donors (Lipinski definition) is 2. The van der Waals surface area contributed by atoms with Gasteiger partial charge in [0.2, 0.25) is 11.8 Å².